The summed E-state index contributed by atoms with van der Waals surface area (Å²) >= 11 is 0. The smallest absolute Gasteiger partial charge is 0.194 e. The van der Waals surface area contributed by atoms with Gasteiger partial charge >= 0.3 is 0 Å². The lowest BCUT2D eigenvalue weighted by Crippen LogP contribution is -2.01. The van der Waals surface area contributed by atoms with E-state index in [9.17, 15) is 4.57 Å². The molecule has 11 heavy (non-hydrogen) atoms. The molecule has 0 radical (unpaired) electrons. The third-order valence-corrected chi connectivity index (χ3v) is 3.69. The van der Waals surface area contributed by atoms with E-state index in [2.05, 4.69) is 13.8 Å². The first kappa shape index (κ1) is 11.2. The first-order valence-corrected chi connectivity index (χ1v) is 5.82. The van der Waals surface area contributed by atoms with Crippen LogP contribution in [0.1, 0.15) is 40.0 Å². The first-order valence-electron chi connectivity index (χ1n) is 4.42. The zero-order valence-corrected chi connectivity index (χ0v) is 8.72. The third-order valence-electron chi connectivity index (χ3n) is 1.75. The molecule has 0 rings (SSSR count). The molecule has 0 aromatic rings. The van der Waals surface area contributed by atoms with E-state index in [1.807, 2.05) is 6.92 Å². The maximum Gasteiger partial charge on any atom is 0.194 e. The van der Waals surface area contributed by atoms with Crippen LogP contribution in [-0.2, 0) is 9.09 Å². The zero-order valence-electron chi connectivity index (χ0n) is 7.72. The number of hydrogen-bond donors (Lipinski definition) is 0. The number of rotatable bonds is 6. The highest BCUT2D eigenvalue weighted by Crippen LogP contribution is 2.34. The molecule has 3 heteroatoms. The standard InChI is InChI=1S/C8H19O2P/c1-4-7-8(5-2)11(9)10-6-3/h8,11H,4-7H2,1-3H3. The highest BCUT2D eigenvalue weighted by molar-refractivity contribution is 7.40. The fraction of sp³-hybridized carbons (Fsp3) is 1.00. The summed E-state index contributed by atoms with van der Waals surface area (Å²) in [5.74, 6) is 0. The van der Waals surface area contributed by atoms with Gasteiger partial charge in [-0.1, -0.05) is 20.3 Å². The highest BCUT2D eigenvalue weighted by atomic mass is 31.1. The molecule has 0 aliphatic heterocycles. The van der Waals surface area contributed by atoms with Gasteiger partial charge in [0.15, 0.2) is 8.03 Å². The first-order chi connectivity index (χ1) is 5.26. The lowest BCUT2D eigenvalue weighted by Gasteiger charge is -2.12. The van der Waals surface area contributed by atoms with Gasteiger partial charge in [0.2, 0.25) is 0 Å². The van der Waals surface area contributed by atoms with Crippen molar-refractivity contribution in [2.75, 3.05) is 6.61 Å². The molecule has 2 nitrogen and oxygen atoms in total. The van der Waals surface area contributed by atoms with Gasteiger partial charge in [-0.15, -0.1) is 0 Å². The zero-order chi connectivity index (χ0) is 8.69. The van der Waals surface area contributed by atoms with Gasteiger partial charge in [0, 0.05) is 5.66 Å². The molecule has 0 N–H and O–H groups in total. The Morgan fingerprint density at radius 2 is 2.00 bits per heavy atom. The molecule has 0 aliphatic rings. The summed E-state index contributed by atoms with van der Waals surface area (Å²) < 4.78 is 16.4. The molecule has 68 valence electrons. The Bertz CT molecular complexity index is 115. The fourth-order valence-electron chi connectivity index (χ4n) is 1.10. The molecular formula is C8H19O2P. The molecule has 0 aromatic heterocycles. The second-order valence-electron chi connectivity index (χ2n) is 2.65. The average molecular weight is 178 g/mol. The molecule has 0 aliphatic carbocycles. The van der Waals surface area contributed by atoms with Crippen LogP contribution in [-0.4, -0.2) is 12.3 Å². The molecule has 0 spiro atoms. The summed E-state index contributed by atoms with van der Waals surface area (Å²) in [6, 6.07) is 0. The lowest BCUT2D eigenvalue weighted by molar-refractivity contribution is 0.340. The largest absolute Gasteiger partial charge is 0.331 e. The van der Waals surface area contributed by atoms with Crippen molar-refractivity contribution in [1.82, 2.24) is 0 Å². The van der Waals surface area contributed by atoms with Crippen LogP contribution >= 0.6 is 8.03 Å². The summed E-state index contributed by atoms with van der Waals surface area (Å²) in [6.07, 6.45) is 3.11. The third kappa shape index (κ3) is 4.60. The van der Waals surface area contributed by atoms with E-state index >= 15 is 0 Å². The predicted octanol–water partition coefficient (Wildman–Crippen LogP) is 3.08. The Kier molecular flexibility index (Phi) is 6.99. The van der Waals surface area contributed by atoms with Crippen molar-refractivity contribution >= 4 is 8.03 Å². The minimum absolute atomic E-state index is 0.310. The van der Waals surface area contributed by atoms with Crippen LogP contribution in [0.2, 0.25) is 0 Å². The van der Waals surface area contributed by atoms with Crippen molar-refractivity contribution < 1.29 is 9.09 Å². The summed E-state index contributed by atoms with van der Waals surface area (Å²) in [7, 11) is -1.74. The van der Waals surface area contributed by atoms with Crippen molar-refractivity contribution in [2.45, 2.75) is 45.7 Å². The van der Waals surface area contributed by atoms with E-state index in [4.69, 9.17) is 4.52 Å². The quantitative estimate of drug-likeness (QED) is 0.584. The summed E-state index contributed by atoms with van der Waals surface area (Å²) in [5.41, 5.74) is 0.310. The van der Waals surface area contributed by atoms with Crippen LogP contribution in [0.15, 0.2) is 0 Å². The van der Waals surface area contributed by atoms with E-state index in [0.717, 1.165) is 19.3 Å². The number of hydrogen-bond acceptors (Lipinski definition) is 2. The van der Waals surface area contributed by atoms with Crippen LogP contribution < -0.4 is 0 Å². The molecule has 2 unspecified atom stereocenters. The molecule has 0 saturated heterocycles. The van der Waals surface area contributed by atoms with Gasteiger partial charge in [-0.25, -0.2) is 0 Å². The fourth-order valence-corrected chi connectivity index (χ4v) is 2.48. The van der Waals surface area contributed by atoms with E-state index in [0.29, 0.717) is 12.3 Å². The van der Waals surface area contributed by atoms with Crippen LogP contribution in [0, 0.1) is 0 Å². The molecule has 0 heterocycles. The van der Waals surface area contributed by atoms with Gasteiger partial charge in [0.1, 0.15) is 0 Å². The SMILES string of the molecule is CCCC(CC)[PH](=O)OCC. The van der Waals surface area contributed by atoms with E-state index in [1.165, 1.54) is 0 Å². The van der Waals surface area contributed by atoms with Gasteiger partial charge in [0.05, 0.1) is 6.61 Å². The Balaban J connectivity index is 3.71. The van der Waals surface area contributed by atoms with Gasteiger partial charge in [-0.05, 0) is 19.8 Å². The van der Waals surface area contributed by atoms with Crippen molar-refractivity contribution in [1.29, 1.82) is 0 Å². The van der Waals surface area contributed by atoms with Crippen molar-refractivity contribution in [3.8, 4) is 0 Å². The minimum atomic E-state index is -1.74. The minimum Gasteiger partial charge on any atom is -0.331 e. The molecular weight excluding hydrogens is 159 g/mol. The van der Waals surface area contributed by atoms with Crippen LogP contribution in [0.5, 0.6) is 0 Å². The second-order valence-corrected chi connectivity index (χ2v) is 4.39. The van der Waals surface area contributed by atoms with Gasteiger partial charge < -0.3 is 4.52 Å². The Labute approximate surface area is 70.2 Å². The van der Waals surface area contributed by atoms with Crippen molar-refractivity contribution in [3.63, 3.8) is 0 Å². The van der Waals surface area contributed by atoms with Crippen LogP contribution in [0.25, 0.3) is 0 Å². The summed E-state index contributed by atoms with van der Waals surface area (Å²) in [5, 5.41) is 0. The van der Waals surface area contributed by atoms with Crippen molar-refractivity contribution in [3.05, 3.63) is 0 Å². The lowest BCUT2D eigenvalue weighted by atomic mass is 10.2. The average Bonchev–Trinajstić information content (AvgIpc) is 2.00. The molecule has 0 fully saturated rings. The topological polar surface area (TPSA) is 26.3 Å². The molecule has 0 saturated carbocycles. The van der Waals surface area contributed by atoms with Gasteiger partial charge in [0.25, 0.3) is 0 Å². The predicted molar refractivity (Wildman–Crippen MR) is 49.6 cm³/mol. The summed E-state index contributed by atoms with van der Waals surface area (Å²) in [4.78, 5) is 0. The normalized spacial score (nSPS) is 16.3. The van der Waals surface area contributed by atoms with Gasteiger partial charge in [-0.3, -0.25) is 4.57 Å². The van der Waals surface area contributed by atoms with E-state index in [-0.39, 0.29) is 0 Å². The van der Waals surface area contributed by atoms with Crippen LogP contribution in [0.3, 0.4) is 0 Å². The Morgan fingerprint density at radius 1 is 1.36 bits per heavy atom. The Morgan fingerprint density at radius 3 is 2.36 bits per heavy atom. The maximum absolute atomic E-state index is 11.3. The highest BCUT2D eigenvalue weighted by Gasteiger charge is 2.12. The molecule has 0 aromatic carbocycles. The molecule has 0 amide bonds. The molecule has 0 bridgehead atoms. The summed E-state index contributed by atoms with van der Waals surface area (Å²) in [6.45, 7) is 6.66. The van der Waals surface area contributed by atoms with E-state index in [1.54, 1.807) is 0 Å². The molecule has 2 atom stereocenters. The Hall–Kier alpha value is 0.190. The van der Waals surface area contributed by atoms with E-state index < -0.39 is 8.03 Å². The maximum atomic E-state index is 11.3. The second kappa shape index (κ2) is 6.87. The monoisotopic (exact) mass is 178 g/mol. The van der Waals surface area contributed by atoms with Crippen LogP contribution in [0.4, 0.5) is 0 Å². The van der Waals surface area contributed by atoms with Gasteiger partial charge in [-0.2, -0.15) is 0 Å². The van der Waals surface area contributed by atoms with Crippen molar-refractivity contribution in [2.24, 2.45) is 0 Å².